The Labute approximate surface area is 155 Å². The fourth-order valence-corrected chi connectivity index (χ4v) is 3.04. The molecule has 7 nitrogen and oxygen atoms in total. The van der Waals surface area contributed by atoms with E-state index in [-0.39, 0.29) is 11.7 Å². The highest BCUT2D eigenvalue weighted by Crippen LogP contribution is 2.25. The summed E-state index contributed by atoms with van der Waals surface area (Å²) < 4.78 is 10.1. The lowest BCUT2D eigenvalue weighted by atomic mass is 9.92. The molecular formula is C19H29N3O4. The molecule has 1 fully saturated rings. The largest absolute Gasteiger partial charge is 0.464 e. The highest BCUT2D eigenvalue weighted by molar-refractivity contribution is 5.87. The van der Waals surface area contributed by atoms with Gasteiger partial charge in [0.2, 0.25) is 5.95 Å². The lowest BCUT2D eigenvalue weighted by molar-refractivity contribution is -0.155. The minimum Gasteiger partial charge on any atom is -0.464 e. The number of rotatable bonds is 5. The van der Waals surface area contributed by atoms with Gasteiger partial charge in [0.1, 0.15) is 5.60 Å². The van der Waals surface area contributed by atoms with Crippen LogP contribution < -0.4 is 4.90 Å². The number of ether oxygens (including phenoxy) is 2. The Kier molecular flexibility index (Phi) is 6.56. The second kappa shape index (κ2) is 8.47. The van der Waals surface area contributed by atoms with Crippen molar-refractivity contribution in [3.05, 3.63) is 17.5 Å². The van der Waals surface area contributed by atoms with Crippen LogP contribution in [0, 0.1) is 12.8 Å². The van der Waals surface area contributed by atoms with Crippen LogP contribution in [0.1, 0.15) is 62.6 Å². The number of aryl methyl sites for hydroxylation is 1. The van der Waals surface area contributed by atoms with Gasteiger partial charge in [-0.15, -0.1) is 0 Å². The highest BCUT2D eigenvalue weighted by Gasteiger charge is 2.24. The molecule has 1 aliphatic rings. The number of esters is 2. The molecule has 0 aromatic carbocycles. The van der Waals surface area contributed by atoms with Gasteiger partial charge in [0.15, 0.2) is 5.69 Å². The summed E-state index contributed by atoms with van der Waals surface area (Å²) in [6.07, 6.45) is 3.22. The number of anilines is 1. The van der Waals surface area contributed by atoms with Gasteiger partial charge < -0.3 is 14.4 Å². The van der Waals surface area contributed by atoms with Gasteiger partial charge in [0.25, 0.3) is 0 Å². The maximum Gasteiger partial charge on any atom is 0.356 e. The summed E-state index contributed by atoms with van der Waals surface area (Å²) in [6, 6.07) is 1.63. The van der Waals surface area contributed by atoms with E-state index in [1.54, 1.807) is 6.07 Å². The van der Waals surface area contributed by atoms with Crippen LogP contribution in [0.4, 0.5) is 5.95 Å². The predicted molar refractivity (Wildman–Crippen MR) is 98.1 cm³/mol. The Bertz CT molecular complexity index is 647. The standard InChI is InChI=1S/C19H29N3O4/c1-13-12-15(17(24)25-5)21-18(20-13)22-10-8-14(9-11-22)6-7-16(23)26-19(2,3)4/h12,14H,6-11H2,1-5H3. The molecule has 1 aliphatic heterocycles. The maximum absolute atomic E-state index is 11.9. The summed E-state index contributed by atoms with van der Waals surface area (Å²) in [5, 5.41) is 0. The average Bonchev–Trinajstić information content (AvgIpc) is 2.57. The number of hydrogen-bond acceptors (Lipinski definition) is 7. The SMILES string of the molecule is COC(=O)c1cc(C)nc(N2CCC(CCC(=O)OC(C)(C)C)CC2)n1. The molecule has 2 heterocycles. The lowest BCUT2D eigenvalue weighted by Crippen LogP contribution is -2.35. The number of carbonyl (C=O) groups is 2. The second-order valence-corrected chi connectivity index (χ2v) is 7.74. The van der Waals surface area contributed by atoms with Gasteiger partial charge in [-0.1, -0.05) is 0 Å². The predicted octanol–water partition coefficient (Wildman–Crippen LogP) is 2.91. The van der Waals surface area contributed by atoms with Gasteiger partial charge in [0, 0.05) is 25.2 Å². The van der Waals surface area contributed by atoms with Gasteiger partial charge in [0.05, 0.1) is 7.11 Å². The van der Waals surface area contributed by atoms with Gasteiger partial charge >= 0.3 is 11.9 Å². The Morgan fingerprint density at radius 3 is 2.46 bits per heavy atom. The molecule has 1 saturated heterocycles. The topological polar surface area (TPSA) is 81.6 Å². The van der Waals surface area contributed by atoms with E-state index >= 15 is 0 Å². The number of aromatic nitrogens is 2. The van der Waals surface area contributed by atoms with Crippen molar-refractivity contribution < 1.29 is 19.1 Å². The summed E-state index contributed by atoms with van der Waals surface area (Å²) in [5.74, 6) is 0.466. The fourth-order valence-electron chi connectivity index (χ4n) is 3.04. The number of carbonyl (C=O) groups excluding carboxylic acids is 2. The molecule has 0 radical (unpaired) electrons. The van der Waals surface area contributed by atoms with Crippen LogP contribution in [-0.2, 0) is 14.3 Å². The van der Waals surface area contributed by atoms with E-state index in [1.165, 1.54) is 7.11 Å². The molecule has 7 heteroatoms. The third-order valence-corrected chi connectivity index (χ3v) is 4.31. The lowest BCUT2D eigenvalue weighted by Gasteiger charge is -2.32. The molecule has 2 rings (SSSR count). The summed E-state index contributed by atoms with van der Waals surface area (Å²) in [4.78, 5) is 34.5. The first kappa shape index (κ1) is 20.1. The van der Waals surface area contributed by atoms with Crippen LogP contribution in [0.25, 0.3) is 0 Å². The third-order valence-electron chi connectivity index (χ3n) is 4.31. The molecule has 0 N–H and O–H groups in total. The second-order valence-electron chi connectivity index (χ2n) is 7.74. The quantitative estimate of drug-likeness (QED) is 0.744. The van der Waals surface area contributed by atoms with Crippen molar-refractivity contribution in [3.63, 3.8) is 0 Å². The molecule has 0 bridgehead atoms. The van der Waals surface area contributed by atoms with Crippen LogP contribution in [0.3, 0.4) is 0 Å². The number of piperidine rings is 1. The molecule has 1 aromatic heterocycles. The fraction of sp³-hybridized carbons (Fsp3) is 0.684. The first-order valence-corrected chi connectivity index (χ1v) is 9.09. The molecule has 0 saturated carbocycles. The van der Waals surface area contributed by atoms with E-state index in [9.17, 15) is 9.59 Å². The summed E-state index contributed by atoms with van der Waals surface area (Å²) in [6.45, 7) is 9.10. The van der Waals surface area contributed by atoms with Crippen molar-refractivity contribution in [1.82, 2.24) is 9.97 Å². The molecule has 0 atom stereocenters. The van der Waals surface area contributed by atoms with Gasteiger partial charge in [-0.05, 0) is 58.9 Å². The normalized spacial score (nSPS) is 15.7. The van der Waals surface area contributed by atoms with E-state index in [4.69, 9.17) is 9.47 Å². The van der Waals surface area contributed by atoms with Crippen molar-refractivity contribution >= 4 is 17.9 Å². The van der Waals surface area contributed by atoms with Crippen LogP contribution in [-0.4, -0.2) is 47.7 Å². The Morgan fingerprint density at radius 2 is 1.88 bits per heavy atom. The van der Waals surface area contributed by atoms with Crippen molar-refractivity contribution in [2.45, 2.75) is 59.0 Å². The first-order valence-electron chi connectivity index (χ1n) is 9.09. The van der Waals surface area contributed by atoms with Crippen LogP contribution in [0.5, 0.6) is 0 Å². The van der Waals surface area contributed by atoms with Crippen molar-refractivity contribution in [3.8, 4) is 0 Å². The van der Waals surface area contributed by atoms with Crippen LogP contribution in [0.2, 0.25) is 0 Å². The molecule has 144 valence electrons. The van der Waals surface area contributed by atoms with Gasteiger partial charge in [-0.3, -0.25) is 4.79 Å². The Morgan fingerprint density at radius 1 is 1.23 bits per heavy atom. The van der Waals surface area contributed by atoms with Crippen LogP contribution in [0.15, 0.2) is 6.07 Å². The summed E-state index contributed by atoms with van der Waals surface area (Å²) in [5.41, 5.74) is 0.588. The molecule has 0 unspecified atom stereocenters. The maximum atomic E-state index is 11.9. The first-order chi connectivity index (χ1) is 12.2. The zero-order valence-electron chi connectivity index (χ0n) is 16.4. The summed E-state index contributed by atoms with van der Waals surface area (Å²) in [7, 11) is 1.34. The highest BCUT2D eigenvalue weighted by atomic mass is 16.6. The minimum atomic E-state index is -0.455. The zero-order valence-corrected chi connectivity index (χ0v) is 16.4. The average molecular weight is 363 g/mol. The number of methoxy groups -OCH3 is 1. The van der Waals surface area contributed by atoms with Crippen LogP contribution >= 0.6 is 0 Å². The van der Waals surface area contributed by atoms with E-state index in [2.05, 4.69) is 14.9 Å². The molecule has 0 amide bonds. The zero-order chi connectivity index (χ0) is 19.3. The van der Waals surface area contributed by atoms with E-state index in [1.807, 2.05) is 27.7 Å². The number of hydrogen-bond donors (Lipinski definition) is 0. The molecular weight excluding hydrogens is 334 g/mol. The molecule has 0 spiro atoms. The van der Waals surface area contributed by atoms with Gasteiger partial charge in [-0.25, -0.2) is 14.8 Å². The van der Waals surface area contributed by atoms with E-state index in [0.29, 0.717) is 18.3 Å². The van der Waals surface area contributed by atoms with E-state index < -0.39 is 11.6 Å². The molecule has 1 aromatic rings. The molecule has 26 heavy (non-hydrogen) atoms. The minimum absolute atomic E-state index is 0.135. The van der Waals surface area contributed by atoms with Crippen molar-refractivity contribution in [1.29, 1.82) is 0 Å². The smallest absolute Gasteiger partial charge is 0.356 e. The molecule has 0 aliphatic carbocycles. The third kappa shape index (κ3) is 5.97. The summed E-state index contributed by atoms with van der Waals surface area (Å²) >= 11 is 0. The van der Waals surface area contributed by atoms with Crippen molar-refractivity contribution in [2.24, 2.45) is 5.92 Å². The van der Waals surface area contributed by atoms with Crippen molar-refractivity contribution in [2.75, 3.05) is 25.1 Å². The van der Waals surface area contributed by atoms with E-state index in [0.717, 1.165) is 38.0 Å². The number of nitrogens with zero attached hydrogens (tertiary/aromatic N) is 3. The Hall–Kier alpha value is -2.18. The Balaban J connectivity index is 1.87. The monoisotopic (exact) mass is 363 g/mol. The van der Waals surface area contributed by atoms with Gasteiger partial charge in [-0.2, -0.15) is 0 Å².